The molecule has 0 nitrogen and oxygen atoms in total. The van der Waals surface area contributed by atoms with Crippen molar-refractivity contribution in [2.45, 2.75) is 90.4 Å². The summed E-state index contributed by atoms with van der Waals surface area (Å²) >= 11 is 0. The Bertz CT molecular complexity index is 518. The van der Waals surface area contributed by atoms with Crippen LogP contribution in [0.4, 0.5) is 0 Å². The van der Waals surface area contributed by atoms with Crippen molar-refractivity contribution in [3.63, 3.8) is 0 Å². The molecule has 27 heavy (non-hydrogen) atoms. The quantitative estimate of drug-likeness (QED) is 0.277. The highest BCUT2D eigenvalue weighted by atomic mass is 14.2. The Labute approximate surface area is 168 Å². The topological polar surface area (TPSA) is 0 Å². The smallest absolute Gasteiger partial charge is 0.0340 e. The second-order valence-electron chi connectivity index (χ2n) is 7.85. The fourth-order valence-corrected chi connectivity index (χ4v) is 3.88. The van der Waals surface area contributed by atoms with Gasteiger partial charge in [0.1, 0.15) is 0 Å². The van der Waals surface area contributed by atoms with Crippen molar-refractivity contribution in [1.82, 2.24) is 0 Å². The minimum Gasteiger partial charge on any atom is -0.0654 e. The van der Waals surface area contributed by atoms with Gasteiger partial charge in [0.25, 0.3) is 0 Å². The lowest BCUT2D eigenvalue weighted by Crippen LogP contribution is -2.02. The largest absolute Gasteiger partial charge is 0.0654 e. The molecule has 0 amide bonds. The maximum absolute atomic E-state index is 2.29. The van der Waals surface area contributed by atoms with Crippen LogP contribution in [0.5, 0.6) is 0 Å². The molecule has 0 aliphatic heterocycles. The van der Waals surface area contributed by atoms with Crippen LogP contribution in [0, 0.1) is 5.92 Å². The minimum atomic E-state index is 1.19. The van der Waals surface area contributed by atoms with E-state index in [1.807, 2.05) is 0 Å². The van der Waals surface area contributed by atoms with Crippen molar-refractivity contribution in [2.24, 2.45) is 0 Å². The molecule has 0 heteroatoms. The van der Waals surface area contributed by atoms with Crippen LogP contribution in [0.15, 0.2) is 60.7 Å². The summed E-state index contributed by atoms with van der Waals surface area (Å²) in [7, 11) is 0. The predicted octanol–water partition coefficient (Wildman–Crippen LogP) is 8.75. The van der Waals surface area contributed by atoms with Crippen molar-refractivity contribution < 1.29 is 0 Å². The first-order valence-corrected chi connectivity index (χ1v) is 11.4. The summed E-state index contributed by atoms with van der Waals surface area (Å²) in [4.78, 5) is 0. The normalized spacial score (nSPS) is 11.2. The summed E-state index contributed by atoms with van der Waals surface area (Å²) in [6.07, 6.45) is 18.1. The summed E-state index contributed by atoms with van der Waals surface area (Å²) in [6, 6.07) is 21.8. The molecule has 0 aliphatic carbocycles. The van der Waals surface area contributed by atoms with Gasteiger partial charge in [-0.05, 0) is 17.5 Å². The molecule has 0 saturated heterocycles. The van der Waals surface area contributed by atoms with E-state index in [-0.39, 0.29) is 0 Å². The van der Waals surface area contributed by atoms with Crippen molar-refractivity contribution in [1.29, 1.82) is 0 Å². The number of benzene rings is 2. The second-order valence-corrected chi connectivity index (χ2v) is 7.85. The Morgan fingerprint density at radius 1 is 0.481 bits per heavy atom. The van der Waals surface area contributed by atoms with Gasteiger partial charge in [-0.1, -0.05) is 145 Å². The standard InChI is InChI=1S/C27H39/c1-2-3-4-5-6-7-8-9-10-11-12-19-24-27(25-20-15-13-16-21-25)26-22-17-14-18-23-26/h13-18,20-23H,2-12,19,24H2,1H3. The van der Waals surface area contributed by atoms with E-state index in [0.29, 0.717) is 0 Å². The molecule has 0 N–H and O–H groups in total. The van der Waals surface area contributed by atoms with Crippen LogP contribution in [0.25, 0.3) is 0 Å². The predicted molar refractivity (Wildman–Crippen MR) is 120 cm³/mol. The van der Waals surface area contributed by atoms with Crippen molar-refractivity contribution >= 4 is 0 Å². The molecule has 2 rings (SSSR count). The van der Waals surface area contributed by atoms with Gasteiger partial charge in [-0.25, -0.2) is 0 Å². The van der Waals surface area contributed by atoms with Gasteiger partial charge >= 0.3 is 0 Å². The number of rotatable bonds is 15. The molecule has 2 aromatic rings. The van der Waals surface area contributed by atoms with Crippen molar-refractivity contribution in [2.75, 3.05) is 0 Å². The van der Waals surface area contributed by atoms with E-state index < -0.39 is 0 Å². The SMILES string of the molecule is CCCCCCCCCCCCCC[C](c1ccccc1)c1ccccc1. The van der Waals surface area contributed by atoms with Crippen LogP contribution in [-0.4, -0.2) is 0 Å². The first-order chi connectivity index (χ1) is 13.4. The molecule has 0 heterocycles. The Morgan fingerprint density at radius 3 is 1.26 bits per heavy atom. The van der Waals surface area contributed by atoms with Gasteiger partial charge in [0, 0.05) is 5.92 Å². The second kappa shape index (κ2) is 14.5. The Hall–Kier alpha value is -1.56. The number of hydrogen-bond acceptors (Lipinski definition) is 0. The van der Waals surface area contributed by atoms with Crippen LogP contribution < -0.4 is 0 Å². The molecule has 0 aromatic heterocycles. The fraction of sp³-hybridized carbons (Fsp3) is 0.519. The molecule has 2 aromatic carbocycles. The monoisotopic (exact) mass is 363 g/mol. The lowest BCUT2D eigenvalue weighted by molar-refractivity contribution is 0.542. The van der Waals surface area contributed by atoms with E-state index in [2.05, 4.69) is 67.6 Å². The Balaban J connectivity index is 1.60. The average Bonchev–Trinajstić information content (AvgIpc) is 2.73. The Kier molecular flexibility index (Phi) is 11.7. The van der Waals surface area contributed by atoms with Crippen molar-refractivity contribution in [3.8, 4) is 0 Å². The minimum absolute atomic E-state index is 1.19. The first kappa shape index (κ1) is 21.7. The van der Waals surface area contributed by atoms with Crippen LogP contribution in [0.3, 0.4) is 0 Å². The van der Waals surface area contributed by atoms with E-state index >= 15 is 0 Å². The van der Waals surface area contributed by atoms with Crippen LogP contribution in [0.2, 0.25) is 0 Å². The summed E-state index contributed by atoms with van der Waals surface area (Å²) < 4.78 is 0. The van der Waals surface area contributed by atoms with Crippen LogP contribution in [0.1, 0.15) is 102 Å². The highest BCUT2D eigenvalue weighted by molar-refractivity contribution is 5.45. The first-order valence-electron chi connectivity index (χ1n) is 11.4. The van der Waals surface area contributed by atoms with E-state index in [0.717, 1.165) is 0 Å². The summed E-state index contributed by atoms with van der Waals surface area (Å²) in [5.41, 5.74) is 2.76. The van der Waals surface area contributed by atoms with E-state index in [1.54, 1.807) is 0 Å². The van der Waals surface area contributed by atoms with E-state index in [9.17, 15) is 0 Å². The number of hydrogen-bond donors (Lipinski definition) is 0. The average molecular weight is 364 g/mol. The molecule has 0 aliphatic rings. The summed E-state index contributed by atoms with van der Waals surface area (Å²) in [5, 5.41) is 0. The van der Waals surface area contributed by atoms with Gasteiger partial charge in [-0.3, -0.25) is 0 Å². The lowest BCUT2D eigenvalue weighted by Gasteiger charge is -2.17. The Morgan fingerprint density at radius 2 is 0.852 bits per heavy atom. The van der Waals surface area contributed by atoms with Gasteiger partial charge in [0.15, 0.2) is 0 Å². The molecular formula is C27H39. The maximum Gasteiger partial charge on any atom is 0.0340 e. The molecule has 0 spiro atoms. The highest BCUT2D eigenvalue weighted by Crippen LogP contribution is 2.29. The third-order valence-corrected chi connectivity index (χ3v) is 5.52. The van der Waals surface area contributed by atoms with Gasteiger partial charge < -0.3 is 0 Å². The number of unbranched alkanes of at least 4 members (excludes halogenated alkanes) is 11. The zero-order valence-electron chi connectivity index (χ0n) is 17.5. The molecule has 0 unspecified atom stereocenters. The molecule has 0 bridgehead atoms. The van der Waals surface area contributed by atoms with Gasteiger partial charge in [0.2, 0.25) is 0 Å². The maximum atomic E-state index is 2.29. The summed E-state index contributed by atoms with van der Waals surface area (Å²) in [5.74, 6) is 1.50. The zero-order valence-corrected chi connectivity index (χ0v) is 17.5. The lowest BCUT2D eigenvalue weighted by atomic mass is 9.87. The summed E-state index contributed by atoms with van der Waals surface area (Å²) in [6.45, 7) is 2.29. The molecule has 0 saturated carbocycles. The molecule has 147 valence electrons. The van der Waals surface area contributed by atoms with Gasteiger partial charge in [-0.15, -0.1) is 0 Å². The third-order valence-electron chi connectivity index (χ3n) is 5.52. The van der Waals surface area contributed by atoms with Crippen molar-refractivity contribution in [3.05, 3.63) is 77.7 Å². The molecular weight excluding hydrogens is 324 g/mol. The fourth-order valence-electron chi connectivity index (χ4n) is 3.88. The van der Waals surface area contributed by atoms with Gasteiger partial charge in [0.05, 0.1) is 0 Å². The third kappa shape index (κ3) is 9.27. The van der Waals surface area contributed by atoms with Crippen LogP contribution >= 0.6 is 0 Å². The molecule has 0 atom stereocenters. The van der Waals surface area contributed by atoms with Gasteiger partial charge in [-0.2, -0.15) is 0 Å². The molecule has 1 radical (unpaired) electrons. The van der Waals surface area contributed by atoms with E-state index in [1.165, 1.54) is 101 Å². The molecule has 0 fully saturated rings. The zero-order chi connectivity index (χ0) is 19.0. The highest BCUT2D eigenvalue weighted by Gasteiger charge is 2.13. The van der Waals surface area contributed by atoms with E-state index in [4.69, 9.17) is 0 Å². The van der Waals surface area contributed by atoms with Crippen LogP contribution in [-0.2, 0) is 0 Å².